The van der Waals surface area contributed by atoms with Crippen molar-refractivity contribution in [2.24, 2.45) is 0 Å². The van der Waals surface area contributed by atoms with Crippen molar-refractivity contribution in [3.63, 3.8) is 0 Å². The molecule has 0 saturated carbocycles. The zero-order valence-electron chi connectivity index (χ0n) is 12.2. The second kappa shape index (κ2) is 8.49. The van der Waals surface area contributed by atoms with Gasteiger partial charge in [0.15, 0.2) is 5.78 Å². The average Bonchev–Trinajstić information content (AvgIpc) is 2.43. The Morgan fingerprint density at radius 3 is 2.42 bits per heavy atom. The topological polar surface area (TPSA) is 20.3 Å². The summed E-state index contributed by atoms with van der Waals surface area (Å²) >= 11 is 3.39. The molecule has 1 aromatic carbocycles. The molecule has 2 nitrogen and oxygen atoms in total. The van der Waals surface area contributed by atoms with Gasteiger partial charge < -0.3 is 0 Å². The lowest BCUT2D eigenvalue weighted by Gasteiger charge is -2.27. The second-order valence-electron chi connectivity index (χ2n) is 5.01. The van der Waals surface area contributed by atoms with E-state index in [1.54, 1.807) is 0 Å². The van der Waals surface area contributed by atoms with E-state index in [0.29, 0.717) is 12.6 Å². The van der Waals surface area contributed by atoms with E-state index in [0.717, 1.165) is 29.4 Å². The van der Waals surface area contributed by atoms with E-state index >= 15 is 0 Å². The third kappa shape index (κ3) is 5.45. The van der Waals surface area contributed by atoms with E-state index in [2.05, 4.69) is 41.6 Å². The normalized spacial score (nSPS) is 12.7. The number of unbranched alkanes of at least 4 members (excludes halogenated alkanes) is 1. The Balaban J connectivity index is 2.66. The van der Waals surface area contributed by atoms with Crippen LogP contribution in [0.15, 0.2) is 28.7 Å². The van der Waals surface area contributed by atoms with Crippen LogP contribution in [0.1, 0.15) is 50.4 Å². The number of rotatable bonds is 8. The number of halogens is 1. The number of Topliss-reactive ketones (excluding diaryl/α,β-unsaturated/α-hetero) is 1. The van der Waals surface area contributed by atoms with Crippen LogP contribution in [-0.2, 0) is 0 Å². The van der Waals surface area contributed by atoms with Crippen LogP contribution in [0.3, 0.4) is 0 Å². The molecule has 3 heteroatoms. The van der Waals surface area contributed by atoms with E-state index in [1.807, 2.05) is 24.3 Å². The molecule has 106 valence electrons. The molecule has 1 aromatic rings. The second-order valence-corrected chi connectivity index (χ2v) is 5.93. The smallest absolute Gasteiger partial charge is 0.176 e. The van der Waals surface area contributed by atoms with Gasteiger partial charge in [-0.3, -0.25) is 9.69 Å². The highest BCUT2D eigenvalue weighted by atomic mass is 79.9. The maximum Gasteiger partial charge on any atom is 0.176 e. The van der Waals surface area contributed by atoms with E-state index in [-0.39, 0.29) is 5.78 Å². The molecule has 0 fully saturated rings. The average molecular weight is 326 g/mol. The number of hydrogen-bond donors (Lipinski definition) is 0. The number of nitrogens with zero attached hydrogens (tertiary/aromatic N) is 1. The number of carbonyl (C=O) groups excluding carboxylic acids is 1. The fraction of sp³-hybridized carbons (Fsp3) is 0.562. The van der Waals surface area contributed by atoms with Gasteiger partial charge >= 0.3 is 0 Å². The fourth-order valence-corrected chi connectivity index (χ4v) is 2.25. The van der Waals surface area contributed by atoms with E-state index in [1.165, 1.54) is 6.42 Å². The van der Waals surface area contributed by atoms with Gasteiger partial charge in [0.1, 0.15) is 0 Å². The first-order chi connectivity index (χ1) is 9.08. The maximum absolute atomic E-state index is 12.3. The van der Waals surface area contributed by atoms with Gasteiger partial charge in [0, 0.05) is 16.1 Å². The monoisotopic (exact) mass is 325 g/mol. The molecule has 1 atom stereocenters. The summed E-state index contributed by atoms with van der Waals surface area (Å²) in [4.78, 5) is 14.6. The van der Waals surface area contributed by atoms with Gasteiger partial charge in [-0.25, -0.2) is 0 Å². The van der Waals surface area contributed by atoms with Gasteiger partial charge in [0.05, 0.1) is 6.54 Å². The predicted octanol–water partition coefficient (Wildman–Crippen LogP) is 4.53. The van der Waals surface area contributed by atoms with Gasteiger partial charge in [0.25, 0.3) is 0 Å². The third-order valence-electron chi connectivity index (χ3n) is 3.53. The van der Waals surface area contributed by atoms with E-state index in [9.17, 15) is 4.79 Å². The van der Waals surface area contributed by atoms with Crippen LogP contribution < -0.4 is 0 Å². The van der Waals surface area contributed by atoms with Crippen LogP contribution in [0.2, 0.25) is 0 Å². The third-order valence-corrected chi connectivity index (χ3v) is 4.05. The molecule has 0 heterocycles. The van der Waals surface area contributed by atoms with Crippen molar-refractivity contribution in [1.82, 2.24) is 4.90 Å². The Labute approximate surface area is 125 Å². The van der Waals surface area contributed by atoms with Crippen LogP contribution in [0.4, 0.5) is 0 Å². The lowest BCUT2D eigenvalue weighted by molar-refractivity contribution is 0.0894. The molecule has 0 aromatic heterocycles. The Morgan fingerprint density at radius 1 is 1.26 bits per heavy atom. The Bertz CT molecular complexity index is 388. The summed E-state index contributed by atoms with van der Waals surface area (Å²) in [5, 5.41) is 0. The zero-order chi connectivity index (χ0) is 14.3. The van der Waals surface area contributed by atoms with Gasteiger partial charge in [-0.2, -0.15) is 0 Å². The van der Waals surface area contributed by atoms with E-state index < -0.39 is 0 Å². The molecule has 1 rings (SSSR count). The first kappa shape index (κ1) is 16.4. The molecular formula is C16H24BrNO. The summed E-state index contributed by atoms with van der Waals surface area (Å²) in [7, 11) is 0. The highest BCUT2D eigenvalue weighted by molar-refractivity contribution is 9.10. The minimum absolute atomic E-state index is 0.212. The molecule has 0 bridgehead atoms. The zero-order valence-corrected chi connectivity index (χ0v) is 13.7. The highest BCUT2D eigenvalue weighted by Crippen LogP contribution is 2.13. The first-order valence-electron chi connectivity index (χ1n) is 7.11. The van der Waals surface area contributed by atoms with Crippen molar-refractivity contribution in [3.8, 4) is 0 Å². The summed E-state index contributed by atoms with van der Waals surface area (Å²) in [6.45, 7) is 8.09. The van der Waals surface area contributed by atoms with Crippen LogP contribution >= 0.6 is 15.9 Å². The minimum Gasteiger partial charge on any atom is -0.293 e. The first-order valence-corrected chi connectivity index (χ1v) is 7.90. The van der Waals surface area contributed by atoms with Crippen LogP contribution in [-0.4, -0.2) is 29.8 Å². The van der Waals surface area contributed by atoms with Gasteiger partial charge in [-0.05, 0) is 38.4 Å². The molecule has 19 heavy (non-hydrogen) atoms. The summed E-state index contributed by atoms with van der Waals surface area (Å²) in [6.07, 6.45) is 3.40. The van der Waals surface area contributed by atoms with Crippen molar-refractivity contribution in [2.75, 3.05) is 13.1 Å². The summed E-state index contributed by atoms with van der Waals surface area (Å²) in [6, 6.07) is 8.09. The van der Waals surface area contributed by atoms with Crippen LogP contribution in [0, 0.1) is 0 Å². The molecule has 0 aliphatic carbocycles. The molecule has 1 unspecified atom stereocenters. The SMILES string of the molecule is CCCCN(CC(=O)c1ccc(Br)cc1)C(C)CC. The lowest BCUT2D eigenvalue weighted by Crippen LogP contribution is -2.37. The maximum atomic E-state index is 12.3. The van der Waals surface area contributed by atoms with Gasteiger partial charge in [-0.15, -0.1) is 0 Å². The van der Waals surface area contributed by atoms with Gasteiger partial charge in [0.2, 0.25) is 0 Å². The number of carbonyl (C=O) groups is 1. The fourth-order valence-electron chi connectivity index (χ4n) is 1.99. The quantitative estimate of drug-likeness (QED) is 0.654. The van der Waals surface area contributed by atoms with Crippen LogP contribution in [0.25, 0.3) is 0 Å². The van der Waals surface area contributed by atoms with Gasteiger partial charge in [-0.1, -0.05) is 48.3 Å². The largest absolute Gasteiger partial charge is 0.293 e. The number of benzene rings is 1. The Kier molecular flexibility index (Phi) is 7.32. The molecular weight excluding hydrogens is 302 g/mol. The standard InChI is InChI=1S/C16H24BrNO/c1-4-6-11-18(13(3)5-2)12-16(19)14-7-9-15(17)10-8-14/h7-10,13H,4-6,11-12H2,1-3H3. The Morgan fingerprint density at radius 2 is 1.89 bits per heavy atom. The minimum atomic E-state index is 0.212. The van der Waals surface area contributed by atoms with Crippen molar-refractivity contribution in [2.45, 2.75) is 46.1 Å². The van der Waals surface area contributed by atoms with Crippen molar-refractivity contribution >= 4 is 21.7 Å². The van der Waals surface area contributed by atoms with Crippen molar-refractivity contribution < 1.29 is 4.79 Å². The predicted molar refractivity (Wildman–Crippen MR) is 84.7 cm³/mol. The van der Waals surface area contributed by atoms with Crippen LogP contribution in [0.5, 0.6) is 0 Å². The molecule has 0 saturated heterocycles. The summed E-state index contributed by atoms with van der Waals surface area (Å²) in [5.74, 6) is 0.212. The molecule has 0 spiro atoms. The highest BCUT2D eigenvalue weighted by Gasteiger charge is 2.16. The molecule has 0 aliphatic heterocycles. The summed E-state index contributed by atoms with van der Waals surface area (Å²) in [5.41, 5.74) is 0.799. The number of ketones is 1. The molecule has 0 radical (unpaired) electrons. The van der Waals surface area contributed by atoms with E-state index in [4.69, 9.17) is 0 Å². The summed E-state index contributed by atoms with van der Waals surface area (Å²) < 4.78 is 1.01. The lowest BCUT2D eigenvalue weighted by atomic mass is 10.1. The van der Waals surface area contributed by atoms with Crippen molar-refractivity contribution in [1.29, 1.82) is 0 Å². The Hall–Kier alpha value is -0.670. The molecule has 0 aliphatic rings. The number of hydrogen-bond acceptors (Lipinski definition) is 2. The molecule has 0 N–H and O–H groups in total. The molecule has 0 amide bonds. The van der Waals surface area contributed by atoms with Crippen molar-refractivity contribution in [3.05, 3.63) is 34.3 Å².